The molecule has 2 heterocycles. The van der Waals surface area contributed by atoms with Crippen molar-refractivity contribution < 1.29 is 4.79 Å². The molecule has 1 amide bonds. The minimum absolute atomic E-state index is 0.0214. The van der Waals surface area contributed by atoms with E-state index >= 15 is 0 Å². The maximum absolute atomic E-state index is 12.0. The Hall–Kier alpha value is -2.17. The fourth-order valence-electron chi connectivity index (χ4n) is 1.91. The molecule has 0 aliphatic rings. The summed E-state index contributed by atoms with van der Waals surface area (Å²) in [6.07, 6.45) is 8.21. The number of hydrogen-bond donors (Lipinski definition) is 1. The number of nitrogens with one attached hydrogen (secondary N) is 1. The molecule has 2 rings (SSSR count). The van der Waals surface area contributed by atoms with Gasteiger partial charge in [0.05, 0.1) is 18.1 Å². The molecule has 0 spiro atoms. The average molecular weight is 272 g/mol. The van der Waals surface area contributed by atoms with Gasteiger partial charge in [0.2, 0.25) is 5.91 Å². The second kappa shape index (κ2) is 6.84. The first-order valence-electron chi connectivity index (χ1n) is 6.97. The van der Waals surface area contributed by atoms with Crippen LogP contribution in [0.15, 0.2) is 36.8 Å². The number of aromatic nitrogens is 3. The van der Waals surface area contributed by atoms with E-state index in [2.05, 4.69) is 22.3 Å². The van der Waals surface area contributed by atoms with Gasteiger partial charge in [0.25, 0.3) is 0 Å². The van der Waals surface area contributed by atoms with Crippen molar-refractivity contribution in [3.63, 3.8) is 0 Å². The van der Waals surface area contributed by atoms with Gasteiger partial charge in [-0.25, -0.2) is 9.67 Å². The molecule has 5 heteroatoms. The van der Waals surface area contributed by atoms with Gasteiger partial charge in [-0.05, 0) is 18.6 Å². The lowest BCUT2D eigenvalue weighted by Crippen LogP contribution is -2.20. The third-order valence-corrected chi connectivity index (χ3v) is 3.17. The van der Waals surface area contributed by atoms with E-state index in [-0.39, 0.29) is 11.8 Å². The Kier molecular flexibility index (Phi) is 4.87. The summed E-state index contributed by atoms with van der Waals surface area (Å²) in [5.41, 5.74) is 0.698. The van der Waals surface area contributed by atoms with Crippen molar-refractivity contribution in [2.45, 2.75) is 33.1 Å². The summed E-state index contributed by atoms with van der Waals surface area (Å²) < 4.78 is 1.65. The summed E-state index contributed by atoms with van der Waals surface area (Å²) in [7, 11) is 0. The van der Waals surface area contributed by atoms with Gasteiger partial charge >= 0.3 is 0 Å². The van der Waals surface area contributed by atoms with Crippen LogP contribution in [0.5, 0.6) is 0 Å². The van der Waals surface area contributed by atoms with Crippen molar-refractivity contribution in [1.82, 2.24) is 14.8 Å². The number of rotatable bonds is 6. The lowest BCUT2D eigenvalue weighted by atomic mass is 10.0. The predicted molar refractivity (Wildman–Crippen MR) is 78.7 cm³/mol. The van der Waals surface area contributed by atoms with E-state index in [0.717, 1.165) is 25.1 Å². The Morgan fingerprint density at radius 3 is 3.00 bits per heavy atom. The molecule has 0 saturated heterocycles. The van der Waals surface area contributed by atoms with Gasteiger partial charge in [0.15, 0.2) is 5.82 Å². The summed E-state index contributed by atoms with van der Waals surface area (Å²) >= 11 is 0. The maximum atomic E-state index is 12.0. The number of pyridine rings is 1. The molecule has 0 aliphatic heterocycles. The smallest absolute Gasteiger partial charge is 0.227 e. The van der Waals surface area contributed by atoms with Gasteiger partial charge in [-0.15, -0.1) is 0 Å². The third kappa shape index (κ3) is 3.66. The molecule has 0 saturated carbocycles. The van der Waals surface area contributed by atoms with Crippen molar-refractivity contribution in [2.75, 3.05) is 5.32 Å². The van der Waals surface area contributed by atoms with Crippen molar-refractivity contribution in [1.29, 1.82) is 0 Å². The molecular formula is C15H20N4O. The van der Waals surface area contributed by atoms with Crippen molar-refractivity contribution in [3.05, 3.63) is 36.8 Å². The third-order valence-electron chi connectivity index (χ3n) is 3.17. The molecule has 0 aliphatic carbocycles. The van der Waals surface area contributed by atoms with Gasteiger partial charge < -0.3 is 5.32 Å². The number of carbonyl (C=O) groups excluding carboxylic acids is 1. The first kappa shape index (κ1) is 14.2. The highest BCUT2D eigenvalue weighted by atomic mass is 16.1. The largest absolute Gasteiger partial charge is 0.323 e. The lowest BCUT2D eigenvalue weighted by molar-refractivity contribution is -0.119. The Bertz CT molecular complexity index is 550. The zero-order valence-electron chi connectivity index (χ0n) is 11.9. The molecule has 2 aromatic heterocycles. The summed E-state index contributed by atoms with van der Waals surface area (Å²) in [5, 5.41) is 7.09. The molecule has 0 radical (unpaired) electrons. The van der Waals surface area contributed by atoms with Crippen LogP contribution in [-0.4, -0.2) is 20.7 Å². The van der Waals surface area contributed by atoms with Gasteiger partial charge in [0.1, 0.15) is 0 Å². The number of amides is 1. The van der Waals surface area contributed by atoms with Gasteiger partial charge in [-0.2, -0.15) is 5.10 Å². The average Bonchev–Trinajstić information content (AvgIpc) is 2.94. The van der Waals surface area contributed by atoms with Crippen LogP contribution in [-0.2, 0) is 4.79 Å². The monoisotopic (exact) mass is 272 g/mol. The topological polar surface area (TPSA) is 59.8 Å². The minimum Gasteiger partial charge on any atom is -0.323 e. The van der Waals surface area contributed by atoms with Crippen LogP contribution in [0.3, 0.4) is 0 Å². The lowest BCUT2D eigenvalue weighted by Gasteiger charge is -2.09. The Morgan fingerprint density at radius 2 is 2.30 bits per heavy atom. The van der Waals surface area contributed by atoms with E-state index in [1.807, 2.05) is 25.1 Å². The van der Waals surface area contributed by atoms with Crippen LogP contribution >= 0.6 is 0 Å². The van der Waals surface area contributed by atoms with Crippen LogP contribution in [0.4, 0.5) is 5.69 Å². The maximum Gasteiger partial charge on any atom is 0.227 e. The second-order valence-corrected chi connectivity index (χ2v) is 4.89. The molecule has 20 heavy (non-hydrogen) atoms. The Labute approximate surface area is 119 Å². The number of unbranched alkanes of at least 4 members (excludes halogenated alkanes) is 1. The number of nitrogens with zero attached hydrogens (tertiary/aromatic N) is 3. The fraction of sp³-hybridized carbons (Fsp3) is 0.400. The molecule has 0 fully saturated rings. The zero-order chi connectivity index (χ0) is 14.4. The molecule has 106 valence electrons. The number of anilines is 1. The van der Waals surface area contributed by atoms with Crippen molar-refractivity contribution in [3.8, 4) is 5.82 Å². The Morgan fingerprint density at radius 1 is 1.45 bits per heavy atom. The van der Waals surface area contributed by atoms with Gasteiger partial charge in [0, 0.05) is 12.1 Å². The van der Waals surface area contributed by atoms with Crippen molar-refractivity contribution >= 4 is 11.6 Å². The first-order valence-corrected chi connectivity index (χ1v) is 6.97. The predicted octanol–water partition coefficient (Wildman–Crippen LogP) is 3.03. The molecule has 0 unspecified atom stereocenters. The van der Waals surface area contributed by atoms with E-state index in [1.54, 1.807) is 23.3 Å². The van der Waals surface area contributed by atoms with Crippen LogP contribution in [0, 0.1) is 5.92 Å². The Balaban J connectivity index is 1.98. The fourth-order valence-corrected chi connectivity index (χ4v) is 1.91. The van der Waals surface area contributed by atoms with Crippen LogP contribution in [0.1, 0.15) is 33.1 Å². The van der Waals surface area contributed by atoms with E-state index < -0.39 is 0 Å². The summed E-state index contributed by atoms with van der Waals surface area (Å²) in [4.78, 5) is 16.2. The highest BCUT2D eigenvalue weighted by molar-refractivity contribution is 5.92. The summed E-state index contributed by atoms with van der Waals surface area (Å²) in [6.45, 7) is 4.08. The normalized spacial score (nSPS) is 12.1. The molecule has 1 N–H and O–H groups in total. The molecule has 0 aromatic carbocycles. The molecule has 5 nitrogen and oxygen atoms in total. The summed E-state index contributed by atoms with van der Waals surface area (Å²) in [6, 6.07) is 5.61. The van der Waals surface area contributed by atoms with Crippen molar-refractivity contribution in [2.24, 2.45) is 5.92 Å². The van der Waals surface area contributed by atoms with Crippen LogP contribution in [0.25, 0.3) is 5.82 Å². The van der Waals surface area contributed by atoms with E-state index in [9.17, 15) is 4.79 Å². The highest BCUT2D eigenvalue weighted by Crippen LogP contribution is 2.13. The first-order chi connectivity index (χ1) is 9.70. The minimum atomic E-state index is 0.0214. The quantitative estimate of drug-likeness (QED) is 0.879. The molecular weight excluding hydrogens is 252 g/mol. The SMILES string of the molecule is CCCC[C@@H](C)C(=O)Nc1cnn(-c2ccccn2)c1. The zero-order valence-corrected chi connectivity index (χ0v) is 11.9. The number of hydrogen-bond acceptors (Lipinski definition) is 3. The molecule has 1 atom stereocenters. The second-order valence-electron chi connectivity index (χ2n) is 4.89. The number of carbonyl (C=O) groups is 1. The van der Waals surface area contributed by atoms with Crippen LogP contribution in [0.2, 0.25) is 0 Å². The van der Waals surface area contributed by atoms with Gasteiger partial charge in [-0.3, -0.25) is 4.79 Å². The van der Waals surface area contributed by atoms with E-state index in [0.29, 0.717) is 5.69 Å². The highest BCUT2D eigenvalue weighted by Gasteiger charge is 2.13. The molecule has 0 bridgehead atoms. The van der Waals surface area contributed by atoms with Crippen LogP contribution < -0.4 is 5.32 Å². The molecule has 2 aromatic rings. The standard InChI is InChI=1S/C15H20N4O/c1-3-4-7-12(2)15(20)18-13-10-17-19(11-13)14-8-5-6-9-16-14/h5-6,8-12H,3-4,7H2,1-2H3,(H,18,20)/t12-/m1/s1. The van der Waals surface area contributed by atoms with E-state index in [4.69, 9.17) is 0 Å². The van der Waals surface area contributed by atoms with Gasteiger partial charge in [-0.1, -0.05) is 32.8 Å². The summed E-state index contributed by atoms with van der Waals surface area (Å²) in [5.74, 6) is 0.791. The van der Waals surface area contributed by atoms with E-state index in [1.165, 1.54) is 0 Å².